The van der Waals surface area contributed by atoms with Crippen LogP contribution in [0.3, 0.4) is 0 Å². The van der Waals surface area contributed by atoms with E-state index in [-0.39, 0.29) is 23.0 Å². The summed E-state index contributed by atoms with van der Waals surface area (Å²) < 4.78 is 15.4. The maximum absolute atomic E-state index is 12.5. The number of nitro groups is 2. The van der Waals surface area contributed by atoms with E-state index in [1.54, 1.807) is 24.3 Å². The molecule has 0 aliphatic heterocycles. The number of aromatic amines is 1. The lowest BCUT2D eigenvalue weighted by atomic mass is 10.2. The highest BCUT2D eigenvalue weighted by Gasteiger charge is 2.30. The Morgan fingerprint density at radius 3 is 2.23 bits per heavy atom. The average Bonchev–Trinajstić information content (AvgIpc) is 3.19. The standard InChI is InChI=1S/C18H15N5O8/c1-29-12-3-5-13(6-4-12)31-14-8-10(7-11(9-14)22(25)26)19-17(24)15-16(23(27)28)18(30-2)21-20-15/h3-9H,1-2H3,(H,19,24)(H,20,21). The van der Waals surface area contributed by atoms with E-state index in [4.69, 9.17) is 14.2 Å². The van der Waals surface area contributed by atoms with E-state index in [0.717, 1.165) is 13.2 Å². The van der Waals surface area contributed by atoms with Crippen LogP contribution in [-0.4, -0.2) is 40.2 Å². The third kappa shape index (κ3) is 4.67. The van der Waals surface area contributed by atoms with Crippen molar-refractivity contribution in [1.29, 1.82) is 0 Å². The highest BCUT2D eigenvalue weighted by molar-refractivity contribution is 6.06. The number of nitrogens with one attached hydrogen (secondary N) is 2. The SMILES string of the molecule is COc1ccc(Oc2cc(NC(=O)c3[nH]nc(OC)c3[N+](=O)[O-])cc([N+](=O)[O-])c2)cc1. The molecular formula is C18H15N5O8. The maximum atomic E-state index is 12.5. The molecule has 3 rings (SSSR count). The zero-order chi connectivity index (χ0) is 22.5. The number of aromatic nitrogens is 2. The molecule has 31 heavy (non-hydrogen) atoms. The predicted octanol–water partition coefficient (Wildman–Crippen LogP) is 3.29. The summed E-state index contributed by atoms with van der Waals surface area (Å²) in [5.41, 5.74) is -1.53. The van der Waals surface area contributed by atoms with Crippen LogP contribution in [0.5, 0.6) is 23.1 Å². The Bertz CT molecular complexity index is 1140. The molecule has 2 N–H and O–H groups in total. The summed E-state index contributed by atoms with van der Waals surface area (Å²) in [6, 6.07) is 10.0. The summed E-state index contributed by atoms with van der Waals surface area (Å²) >= 11 is 0. The number of nitro benzene ring substituents is 1. The summed E-state index contributed by atoms with van der Waals surface area (Å²) in [4.78, 5) is 33.5. The van der Waals surface area contributed by atoms with Gasteiger partial charge in [0.15, 0.2) is 0 Å². The molecule has 3 aromatic rings. The highest BCUT2D eigenvalue weighted by Crippen LogP contribution is 2.32. The first-order valence-corrected chi connectivity index (χ1v) is 8.52. The Balaban J connectivity index is 1.90. The van der Waals surface area contributed by atoms with E-state index < -0.39 is 27.1 Å². The number of amides is 1. The number of hydrogen-bond acceptors (Lipinski definition) is 9. The van der Waals surface area contributed by atoms with Crippen LogP contribution >= 0.6 is 0 Å². The van der Waals surface area contributed by atoms with Crippen molar-refractivity contribution in [2.75, 3.05) is 19.5 Å². The largest absolute Gasteiger partial charge is 0.497 e. The molecule has 0 aliphatic carbocycles. The summed E-state index contributed by atoms with van der Waals surface area (Å²) in [6.07, 6.45) is 0. The van der Waals surface area contributed by atoms with E-state index in [1.165, 1.54) is 19.2 Å². The van der Waals surface area contributed by atoms with Gasteiger partial charge in [-0.25, -0.2) is 0 Å². The molecule has 0 spiro atoms. The minimum absolute atomic E-state index is 0.0226. The van der Waals surface area contributed by atoms with Gasteiger partial charge in [-0.1, -0.05) is 0 Å². The number of ether oxygens (including phenoxy) is 3. The summed E-state index contributed by atoms with van der Waals surface area (Å²) in [5.74, 6) is -0.300. The van der Waals surface area contributed by atoms with Gasteiger partial charge < -0.3 is 19.5 Å². The number of nitrogens with zero attached hydrogens (tertiary/aromatic N) is 3. The molecule has 0 fully saturated rings. The van der Waals surface area contributed by atoms with Crippen molar-refractivity contribution in [2.24, 2.45) is 0 Å². The number of carbonyl (C=O) groups excluding carboxylic acids is 1. The van der Waals surface area contributed by atoms with Gasteiger partial charge in [0.25, 0.3) is 11.6 Å². The number of benzene rings is 2. The Kier molecular flexibility index (Phi) is 5.95. The number of rotatable bonds is 8. The Hall–Kier alpha value is -4.68. The van der Waals surface area contributed by atoms with E-state index >= 15 is 0 Å². The number of non-ortho nitro benzene ring substituents is 1. The molecule has 2 aromatic carbocycles. The lowest BCUT2D eigenvalue weighted by Crippen LogP contribution is -2.14. The molecule has 0 saturated heterocycles. The first kappa shape index (κ1) is 21.0. The second-order valence-electron chi connectivity index (χ2n) is 5.92. The van der Waals surface area contributed by atoms with Crippen LogP contribution in [0.15, 0.2) is 42.5 Å². The Morgan fingerprint density at radius 1 is 0.968 bits per heavy atom. The Morgan fingerprint density at radius 2 is 1.65 bits per heavy atom. The Labute approximate surface area is 173 Å². The van der Waals surface area contributed by atoms with E-state index in [2.05, 4.69) is 15.5 Å². The van der Waals surface area contributed by atoms with Crippen LogP contribution in [0.1, 0.15) is 10.5 Å². The number of carbonyl (C=O) groups is 1. The summed E-state index contributed by atoms with van der Waals surface area (Å²) in [5, 5.41) is 30.7. The second kappa shape index (κ2) is 8.77. The molecule has 0 unspecified atom stereocenters. The zero-order valence-electron chi connectivity index (χ0n) is 16.1. The topological polar surface area (TPSA) is 172 Å². The van der Waals surface area contributed by atoms with E-state index in [0.29, 0.717) is 11.5 Å². The number of hydrogen-bond donors (Lipinski definition) is 2. The predicted molar refractivity (Wildman–Crippen MR) is 106 cm³/mol. The molecule has 0 bridgehead atoms. The molecule has 160 valence electrons. The first-order valence-electron chi connectivity index (χ1n) is 8.52. The quantitative estimate of drug-likeness (QED) is 0.402. The van der Waals surface area contributed by atoms with Crippen molar-refractivity contribution in [3.8, 4) is 23.1 Å². The van der Waals surface area contributed by atoms with E-state index in [9.17, 15) is 25.0 Å². The monoisotopic (exact) mass is 429 g/mol. The fourth-order valence-electron chi connectivity index (χ4n) is 2.58. The van der Waals surface area contributed by atoms with Crippen molar-refractivity contribution >= 4 is 23.0 Å². The minimum atomic E-state index is -0.946. The van der Waals surface area contributed by atoms with Crippen LogP contribution in [0.25, 0.3) is 0 Å². The smallest absolute Gasteiger partial charge is 0.362 e. The van der Waals surface area contributed by atoms with E-state index in [1.807, 2.05) is 0 Å². The fraction of sp³-hybridized carbons (Fsp3) is 0.111. The molecule has 13 heteroatoms. The molecule has 1 amide bonds. The summed E-state index contributed by atoms with van der Waals surface area (Å²) in [6.45, 7) is 0. The molecule has 13 nitrogen and oxygen atoms in total. The van der Waals surface area contributed by atoms with Crippen molar-refractivity contribution in [3.63, 3.8) is 0 Å². The van der Waals surface area contributed by atoms with Gasteiger partial charge >= 0.3 is 11.6 Å². The van der Waals surface area contributed by atoms with Gasteiger partial charge in [0, 0.05) is 12.1 Å². The normalized spacial score (nSPS) is 10.3. The van der Waals surface area contributed by atoms with Crippen molar-refractivity contribution < 1.29 is 28.9 Å². The van der Waals surface area contributed by atoms with Crippen molar-refractivity contribution in [3.05, 3.63) is 68.4 Å². The maximum Gasteiger partial charge on any atom is 0.362 e. The molecule has 0 atom stereocenters. The lowest BCUT2D eigenvalue weighted by molar-refractivity contribution is -0.386. The van der Waals surface area contributed by atoms with Crippen molar-refractivity contribution in [1.82, 2.24) is 10.2 Å². The average molecular weight is 429 g/mol. The number of methoxy groups -OCH3 is 2. The van der Waals surface area contributed by atoms with Gasteiger partial charge in [-0.2, -0.15) is 0 Å². The van der Waals surface area contributed by atoms with Gasteiger partial charge in [0.2, 0.25) is 5.69 Å². The summed E-state index contributed by atoms with van der Waals surface area (Å²) in [7, 11) is 2.67. The molecular weight excluding hydrogens is 414 g/mol. The second-order valence-corrected chi connectivity index (χ2v) is 5.92. The molecule has 1 heterocycles. The third-order valence-corrected chi connectivity index (χ3v) is 3.97. The van der Waals surface area contributed by atoms with Gasteiger partial charge in [0.05, 0.1) is 35.8 Å². The molecule has 0 saturated carbocycles. The molecule has 0 radical (unpaired) electrons. The number of H-pyrrole nitrogens is 1. The van der Waals surface area contributed by atoms with Crippen LogP contribution in [0.2, 0.25) is 0 Å². The van der Waals surface area contributed by atoms with Gasteiger partial charge in [-0.15, -0.1) is 5.10 Å². The number of anilines is 1. The first-order chi connectivity index (χ1) is 14.8. The molecule has 1 aromatic heterocycles. The zero-order valence-corrected chi connectivity index (χ0v) is 16.1. The van der Waals surface area contributed by atoms with Crippen LogP contribution in [-0.2, 0) is 0 Å². The third-order valence-electron chi connectivity index (χ3n) is 3.97. The van der Waals surface area contributed by atoms with Crippen LogP contribution < -0.4 is 19.5 Å². The van der Waals surface area contributed by atoms with Crippen LogP contribution in [0.4, 0.5) is 17.1 Å². The molecule has 0 aliphatic rings. The van der Waals surface area contributed by atoms with Crippen LogP contribution in [0, 0.1) is 20.2 Å². The van der Waals surface area contributed by atoms with Crippen molar-refractivity contribution in [2.45, 2.75) is 0 Å². The van der Waals surface area contributed by atoms with Gasteiger partial charge in [-0.3, -0.25) is 30.1 Å². The van der Waals surface area contributed by atoms with Gasteiger partial charge in [0.1, 0.15) is 17.2 Å². The highest BCUT2D eigenvalue weighted by atomic mass is 16.6. The minimum Gasteiger partial charge on any atom is -0.497 e. The fourth-order valence-corrected chi connectivity index (χ4v) is 2.58. The van der Waals surface area contributed by atoms with Gasteiger partial charge in [-0.05, 0) is 24.3 Å². The lowest BCUT2D eigenvalue weighted by Gasteiger charge is -2.09.